The highest BCUT2D eigenvalue weighted by Gasteiger charge is 2.28. The molecule has 1 atom stereocenters. The second kappa shape index (κ2) is 6.40. The molecule has 1 saturated carbocycles. The van der Waals surface area contributed by atoms with Crippen molar-refractivity contribution in [1.29, 1.82) is 0 Å². The number of hydrogen-bond donors (Lipinski definition) is 1. The number of carbonyl (C=O) groups excluding carboxylic acids is 1. The van der Waals surface area contributed by atoms with Gasteiger partial charge < -0.3 is 4.74 Å². The van der Waals surface area contributed by atoms with Crippen molar-refractivity contribution in [3.63, 3.8) is 0 Å². The minimum Gasteiger partial charge on any atom is -0.479 e. The van der Waals surface area contributed by atoms with Crippen molar-refractivity contribution in [1.82, 2.24) is 10.2 Å². The van der Waals surface area contributed by atoms with Gasteiger partial charge in [-0.15, -0.1) is 10.2 Å². The summed E-state index contributed by atoms with van der Waals surface area (Å²) in [6.45, 7) is 1.64. The summed E-state index contributed by atoms with van der Waals surface area (Å²) in [5.41, 5.74) is 0. The van der Waals surface area contributed by atoms with Crippen LogP contribution in [0.4, 0.5) is 5.13 Å². The molecule has 22 heavy (non-hydrogen) atoms. The van der Waals surface area contributed by atoms with Crippen LogP contribution in [0.2, 0.25) is 10.0 Å². The average Bonchev–Trinajstić information content (AvgIpc) is 3.22. The van der Waals surface area contributed by atoms with E-state index in [2.05, 4.69) is 15.5 Å². The summed E-state index contributed by atoms with van der Waals surface area (Å²) in [6.07, 6.45) is 1.58. The largest absolute Gasteiger partial charge is 0.479 e. The Balaban J connectivity index is 1.60. The van der Waals surface area contributed by atoms with Crippen LogP contribution in [0.3, 0.4) is 0 Å². The number of amides is 1. The molecule has 0 bridgehead atoms. The number of aromatic nitrogens is 2. The fourth-order valence-electron chi connectivity index (χ4n) is 1.80. The Hall–Kier alpha value is -1.37. The SMILES string of the molecule is C[C@H](Oc1ccc(Cl)cc1Cl)C(=O)Nc1nnc(C2CC2)s1. The van der Waals surface area contributed by atoms with Gasteiger partial charge >= 0.3 is 0 Å². The first-order valence-electron chi connectivity index (χ1n) is 6.79. The quantitative estimate of drug-likeness (QED) is 0.873. The van der Waals surface area contributed by atoms with E-state index < -0.39 is 6.10 Å². The average molecular weight is 358 g/mol. The minimum atomic E-state index is -0.716. The number of carbonyl (C=O) groups is 1. The van der Waals surface area contributed by atoms with Gasteiger partial charge in [0.05, 0.1) is 5.02 Å². The Morgan fingerprint density at radius 3 is 2.86 bits per heavy atom. The molecule has 0 aliphatic heterocycles. The smallest absolute Gasteiger partial charge is 0.266 e. The molecule has 116 valence electrons. The van der Waals surface area contributed by atoms with Crippen LogP contribution in [0.25, 0.3) is 0 Å². The molecule has 5 nitrogen and oxygen atoms in total. The number of anilines is 1. The van der Waals surface area contributed by atoms with E-state index in [1.807, 2.05) is 0 Å². The zero-order valence-electron chi connectivity index (χ0n) is 11.7. The van der Waals surface area contributed by atoms with Crippen molar-refractivity contribution in [2.45, 2.75) is 31.8 Å². The van der Waals surface area contributed by atoms with Gasteiger partial charge in [-0.1, -0.05) is 34.5 Å². The van der Waals surface area contributed by atoms with Gasteiger partial charge in [0, 0.05) is 10.9 Å². The molecule has 3 rings (SSSR count). The zero-order valence-corrected chi connectivity index (χ0v) is 14.0. The number of ether oxygens (including phenoxy) is 1. The molecule has 1 fully saturated rings. The van der Waals surface area contributed by atoms with E-state index in [1.54, 1.807) is 25.1 Å². The highest BCUT2D eigenvalue weighted by atomic mass is 35.5. The monoisotopic (exact) mass is 357 g/mol. The molecule has 1 aromatic heterocycles. The third-order valence-corrected chi connectivity index (χ3v) is 4.70. The van der Waals surface area contributed by atoms with Crippen molar-refractivity contribution in [2.24, 2.45) is 0 Å². The van der Waals surface area contributed by atoms with Gasteiger partial charge in [-0.2, -0.15) is 0 Å². The lowest BCUT2D eigenvalue weighted by molar-refractivity contribution is -0.122. The topological polar surface area (TPSA) is 64.1 Å². The van der Waals surface area contributed by atoms with Gasteiger partial charge in [0.1, 0.15) is 10.8 Å². The summed E-state index contributed by atoms with van der Waals surface area (Å²) in [5.74, 6) is 0.624. The Morgan fingerprint density at radius 2 is 2.18 bits per heavy atom. The van der Waals surface area contributed by atoms with Crippen molar-refractivity contribution in [3.05, 3.63) is 33.3 Å². The number of halogens is 2. The van der Waals surface area contributed by atoms with E-state index in [9.17, 15) is 4.79 Å². The van der Waals surface area contributed by atoms with Crippen LogP contribution >= 0.6 is 34.5 Å². The van der Waals surface area contributed by atoms with Crippen molar-refractivity contribution in [2.75, 3.05) is 5.32 Å². The third kappa shape index (κ3) is 3.69. The third-order valence-electron chi connectivity index (χ3n) is 3.16. The lowest BCUT2D eigenvalue weighted by Gasteiger charge is -2.14. The Labute approximate surface area is 141 Å². The Morgan fingerprint density at radius 1 is 1.41 bits per heavy atom. The van der Waals surface area contributed by atoms with Gasteiger partial charge in [-0.25, -0.2) is 0 Å². The normalized spacial score (nSPS) is 15.4. The molecular formula is C14H13Cl2N3O2S. The van der Waals surface area contributed by atoms with Crippen LogP contribution in [-0.4, -0.2) is 22.2 Å². The molecule has 1 amide bonds. The maximum atomic E-state index is 12.1. The van der Waals surface area contributed by atoms with E-state index in [4.69, 9.17) is 27.9 Å². The standard InChI is InChI=1S/C14H13Cl2N3O2S/c1-7(21-11-5-4-9(15)6-10(11)16)12(20)17-14-19-18-13(22-14)8-2-3-8/h4-8H,2-3H2,1H3,(H,17,19,20)/t7-/m0/s1. The lowest BCUT2D eigenvalue weighted by atomic mass is 10.3. The van der Waals surface area contributed by atoms with E-state index in [0.29, 0.717) is 26.8 Å². The molecule has 2 aromatic rings. The van der Waals surface area contributed by atoms with Gasteiger partial charge in [-0.05, 0) is 38.0 Å². The molecule has 1 heterocycles. The number of nitrogens with zero attached hydrogens (tertiary/aromatic N) is 2. The van der Waals surface area contributed by atoms with Crippen molar-refractivity contribution < 1.29 is 9.53 Å². The molecule has 1 aromatic carbocycles. The molecule has 0 saturated heterocycles. The minimum absolute atomic E-state index is 0.301. The van der Waals surface area contributed by atoms with Gasteiger partial charge in [0.2, 0.25) is 5.13 Å². The molecule has 0 radical (unpaired) electrons. The van der Waals surface area contributed by atoms with E-state index in [-0.39, 0.29) is 5.91 Å². The van der Waals surface area contributed by atoms with E-state index in [0.717, 1.165) is 17.8 Å². The number of hydrogen-bond acceptors (Lipinski definition) is 5. The first-order chi connectivity index (χ1) is 10.5. The lowest BCUT2D eigenvalue weighted by Crippen LogP contribution is -2.30. The Bertz CT molecular complexity index is 703. The zero-order chi connectivity index (χ0) is 15.7. The summed E-state index contributed by atoms with van der Waals surface area (Å²) < 4.78 is 5.55. The summed E-state index contributed by atoms with van der Waals surface area (Å²) >= 11 is 13.3. The van der Waals surface area contributed by atoms with E-state index in [1.165, 1.54) is 11.3 Å². The number of rotatable bonds is 5. The molecule has 1 N–H and O–H groups in total. The molecule has 0 unspecified atom stereocenters. The second-order valence-electron chi connectivity index (χ2n) is 5.04. The predicted molar refractivity (Wildman–Crippen MR) is 87.1 cm³/mol. The molecule has 8 heteroatoms. The van der Waals surface area contributed by atoms with Gasteiger partial charge in [-0.3, -0.25) is 10.1 Å². The van der Waals surface area contributed by atoms with Crippen LogP contribution in [0, 0.1) is 0 Å². The summed E-state index contributed by atoms with van der Waals surface area (Å²) in [4.78, 5) is 12.1. The summed E-state index contributed by atoms with van der Waals surface area (Å²) in [5, 5.41) is 13.1. The van der Waals surface area contributed by atoms with Crippen LogP contribution in [0.5, 0.6) is 5.75 Å². The van der Waals surface area contributed by atoms with Gasteiger partial charge in [0.15, 0.2) is 6.10 Å². The highest BCUT2D eigenvalue weighted by molar-refractivity contribution is 7.15. The van der Waals surface area contributed by atoms with E-state index >= 15 is 0 Å². The molecule has 0 spiro atoms. The maximum Gasteiger partial charge on any atom is 0.266 e. The summed E-state index contributed by atoms with van der Waals surface area (Å²) in [7, 11) is 0. The van der Waals surface area contributed by atoms with Crippen molar-refractivity contribution >= 4 is 45.6 Å². The number of nitrogens with one attached hydrogen (secondary N) is 1. The van der Waals surface area contributed by atoms with Crippen LogP contribution in [0.1, 0.15) is 30.7 Å². The van der Waals surface area contributed by atoms with Crippen molar-refractivity contribution in [3.8, 4) is 5.75 Å². The van der Waals surface area contributed by atoms with Gasteiger partial charge in [0.25, 0.3) is 5.91 Å². The first-order valence-corrected chi connectivity index (χ1v) is 8.36. The fraction of sp³-hybridized carbons (Fsp3) is 0.357. The summed E-state index contributed by atoms with van der Waals surface area (Å²) in [6, 6.07) is 4.85. The predicted octanol–water partition coefficient (Wildman–Crippen LogP) is 4.13. The molecule has 1 aliphatic rings. The van der Waals surface area contributed by atoms with Crippen LogP contribution in [-0.2, 0) is 4.79 Å². The molecular weight excluding hydrogens is 345 g/mol. The van der Waals surface area contributed by atoms with Crippen LogP contribution in [0.15, 0.2) is 18.2 Å². The molecule has 1 aliphatic carbocycles. The maximum absolute atomic E-state index is 12.1. The highest BCUT2D eigenvalue weighted by Crippen LogP contribution is 2.42. The second-order valence-corrected chi connectivity index (χ2v) is 6.90. The first kappa shape index (κ1) is 15.5. The fourth-order valence-corrected chi connectivity index (χ4v) is 3.17. The Kier molecular flexibility index (Phi) is 4.52. The van der Waals surface area contributed by atoms with Crippen LogP contribution < -0.4 is 10.1 Å². The number of benzene rings is 1.